The summed E-state index contributed by atoms with van der Waals surface area (Å²) in [6.45, 7) is 10.9. The lowest BCUT2D eigenvalue weighted by molar-refractivity contribution is 0.0623. The highest BCUT2D eigenvalue weighted by atomic mass is 16.7. The maximum atomic E-state index is 6.04. The van der Waals surface area contributed by atoms with Gasteiger partial charge < -0.3 is 9.47 Å². The summed E-state index contributed by atoms with van der Waals surface area (Å²) >= 11 is 0. The van der Waals surface area contributed by atoms with Crippen molar-refractivity contribution in [3.05, 3.63) is 59.2 Å². The van der Waals surface area contributed by atoms with Crippen molar-refractivity contribution in [1.82, 2.24) is 0 Å². The summed E-state index contributed by atoms with van der Waals surface area (Å²) in [6.07, 6.45) is 2.22. The highest BCUT2D eigenvalue weighted by Gasteiger charge is 2.31. The predicted octanol–water partition coefficient (Wildman–Crippen LogP) is 5.24. The highest BCUT2D eigenvalue weighted by Crippen LogP contribution is 2.41. The van der Waals surface area contributed by atoms with Crippen LogP contribution in [-0.4, -0.2) is 7.11 Å². The molecule has 1 aromatic rings. The van der Waals surface area contributed by atoms with Crippen LogP contribution in [0.3, 0.4) is 0 Å². The standard InChI is InChI=1S/C19H26O2/c1-13-12-16(19(3,4)5)21-18(20-6)17(13)14(2)15-10-8-7-9-11-15/h7-14H,1-6H3. The van der Waals surface area contributed by atoms with Gasteiger partial charge in [0.15, 0.2) is 0 Å². The van der Waals surface area contributed by atoms with E-state index in [1.165, 1.54) is 11.1 Å². The average molecular weight is 286 g/mol. The normalized spacial score (nSPS) is 20.7. The molecule has 2 heteroatoms. The summed E-state index contributed by atoms with van der Waals surface area (Å²) in [5, 5.41) is 0. The van der Waals surface area contributed by atoms with Crippen LogP contribution in [0.1, 0.15) is 46.1 Å². The summed E-state index contributed by atoms with van der Waals surface area (Å²) in [5.74, 6) is 2.22. The molecule has 1 aliphatic rings. The smallest absolute Gasteiger partial charge is 0.284 e. The molecular formula is C19H26O2. The molecule has 0 saturated heterocycles. The molecule has 0 fully saturated rings. The van der Waals surface area contributed by atoms with Crippen molar-refractivity contribution in [2.75, 3.05) is 7.11 Å². The van der Waals surface area contributed by atoms with Gasteiger partial charge in [-0.05, 0) is 11.6 Å². The maximum Gasteiger partial charge on any atom is 0.284 e. The van der Waals surface area contributed by atoms with Gasteiger partial charge in [0.25, 0.3) is 5.95 Å². The van der Waals surface area contributed by atoms with E-state index in [2.05, 4.69) is 65.0 Å². The molecule has 0 spiro atoms. The number of benzene rings is 1. The van der Waals surface area contributed by atoms with Gasteiger partial charge in [0.2, 0.25) is 0 Å². The van der Waals surface area contributed by atoms with E-state index in [1.54, 1.807) is 7.11 Å². The van der Waals surface area contributed by atoms with Crippen LogP contribution in [0.4, 0.5) is 0 Å². The van der Waals surface area contributed by atoms with Crippen molar-refractivity contribution in [2.24, 2.45) is 11.3 Å². The van der Waals surface area contributed by atoms with Gasteiger partial charge in [0.05, 0.1) is 7.11 Å². The Balaban J connectivity index is 2.36. The third-order valence-electron chi connectivity index (χ3n) is 4.02. The molecule has 2 unspecified atom stereocenters. The van der Waals surface area contributed by atoms with Crippen molar-refractivity contribution in [1.29, 1.82) is 0 Å². The molecule has 0 aromatic heterocycles. The highest BCUT2D eigenvalue weighted by molar-refractivity contribution is 5.34. The first kappa shape index (κ1) is 15.7. The van der Waals surface area contributed by atoms with Gasteiger partial charge in [0, 0.05) is 22.8 Å². The Bertz CT molecular complexity index is 547. The van der Waals surface area contributed by atoms with E-state index in [1.807, 2.05) is 6.07 Å². The Hall–Kier alpha value is -1.70. The van der Waals surface area contributed by atoms with E-state index in [-0.39, 0.29) is 11.3 Å². The van der Waals surface area contributed by atoms with Crippen LogP contribution in [-0.2, 0) is 9.47 Å². The van der Waals surface area contributed by atoms with E-state index < -0.39 is 0 Å². The number of rotatable bonds is 3. The van der Waals surface area contributed by atoms with Crippen LogP contribution >= 0.6 is 0 Å². The molecule has 0 saturated carbocycles. The van der Waals surface area contributed by atoms with Crippen LogP contribution in [0.2, 0.25) is 0 Å². The quantitative estimate of drug-likeness (QED) is 0.756. The van der Waals surface area contributed by atoms with Crippen LogP contribution in [0.25, 0.3) is 0 Å². The second-order valence-electron chi connectivity index (χ2n) is 6.75. The largest absolute Gasteiger partial charge is 0.468 e. The zero-order valence-corrected chi connectivity index (χ0v) is 13.9. The van der Waals surface area contributed by atoms with Crippen molar-refractivity contribution in [2.45, 2.75) is 40.5 Å². The Kier molecular flexibility index (Phi) is 4.46. The lowest BCUT2D eigenvalue weighted by Gasteiger charge is -2.33. The summed E-state index contributed by atoms with van der Waals surface area (Å²) in [7, 11) is 1.69. The summed E-state index contributed by atoms with van der Waals surface area (Å²) < 4.78 is 11.6. The second-order valence-corrected chi connectivity index (χ2v) is 6.75. The lowest BCUT2D eigenvalue weighted by Crippen LogP contribution is -2.22. The minimum atomic E-state index is -0.0143. The second kappa shape index (κ2) is 5.97. The fourth-order valence-electron chi connectivity index (χ4n) is 2.75. The first-order valence-electron chi connectivity index (χ1n) is 7.57. The summed E-state index contributed by atoms with van der Waals surface area (Å²) in [4.78, 5) is 0. The van der Waals surface area contributed by atoms with Crippen LogP contribution in [0.5, 0.6) is 0 Å². The fourth-order valence-corrected chi connectivity index (χ4v) is 2.75. The molecule has 2 nitrogen and oxygen atoms in total. The Morgan fingerprint density at radius 3 is 2.29 bits per heavy atom. The Labute approximate surface area is 128 Å². The number of hydrogen-bond acceptors (Lipinski definition) is 2. The van der Waals surface area contributed by atoms with Gasteiger partial charge >= 0.3 is 0 Å². The molecule has 1 aromatic carbocycles. The summed E-state index contributed by atoms with van der Waals surface area (Å²) in [6, 6.07) is 10.5. The zero-order chi connectivity index (χ0) is 15.6. The molecule has 114 valence electrons. The molecule has 0 N–H and O–H groups in total. The molecule has 0 amide bonds. The van der Waals surface area contributed by atoms with Gasteiger partial charge in [-0.25, -0.2) is 0 Å². The van der Waals surface area contributed by atoms with Crippen molar-refractivity contribution in [3.8, 4) is 0 Å². The lowest BCUT2D eigenvalue weighted by atomic mass is 9.82. The van der Waals surface area contributed by atoms with Gasteiger partial charge in [-0.2, -0.15) is 0 Å². The average Bonchev–Trinajstić information content (AvgIpc) is 2.45. The number of methoxy groups -OCH3 is 1. The fraction of sp³-hybridized carbons (Fsp3) is 0.474. The van der Waals surface area contributed by atoms with E-state index in [9.17, 15) is 0 Å². The van der Waals surface area contributed by atoms with E-state index in [4.69, 9.17) is 9.47 Å². The molecule has 0 bridgehead atoms. The number of allylic oxidation sites excluding steroid dienone is 3. The van der Waals surface area contributed by atoms with Gasteiger partial charge in [-0.3, -0.25) is 0 Å². The molecule has 1 heterocycles. The van der Waals surface area contributed by atoms with Crippen LogP contribution in [0, 0.1) is 11.3 Å². The van der Waals surface area contributed by atoms with Gasteiger partial charge in [-0.15, -0.1) is 0 Å². The minimum absolute atomic E-state index is 0.0143. The maximum absolute atomic E-state index is 6.04. The zero-order valence-electron chi connectivity index (χ0n) is 13.9. The monoisotopic (exact) mass is 286 g/mol. The first-order chi connectivity index (χ1) is 9.84. The van der Waals surface area contributed by atoms with E-state index in [0.717, 1.165) is 5.76 Å². The Morgan fingerprint density at radius 1 is 1.14 bits per heavy atom. The topological polar surface area (TPSA) is 18.5 Å². The van der Waals surface area contributed by atoms with Gasteiger partial charge in [-0.1, -0.05) is 65.0 Å². The van der Waals surface area contributed by atoms with Crippen LogP contribution < -0.4 is 0 Å². The minimum Gasteiger partial charge on any atom is -0.468 e. The first-order valence-corrected chi connectivity index (χ1v) is 7.57. The molecule has 21 heavy (non-hydrogen) atoms. The Morgan fingerprint density at radius 2 is 1.76 bits per heavy atom. The van der Waals surface area contributed by atoms with Crippen LogP contribution in [0.15, 0.2) is 53.7 Å². The molecular weight excluding hydrogens is 260 g/mol. The molecule has 0 radical (unpaired) electrons. The third-order valence-corrected chi connectivity index (χ3v) is 4.02. The summed E-state index contributed by atoms with van der Waals surface area (Å²) in [5.41, 5.74) is 2.47. The predicted molar refractivity (Wildman–Crippen MR) is 86.7 cm³/mol. The van der Waals surface area contributed by atoms with Crippen molar-refractivity contribution in [3.63, 3.8) is 0 Å². The van der Waals surface area contributed by atoms with Crippen molar-refractivity contribution >= 4 is 0 Å². The third kappa shape index (κ3) is 3.31. The molecule has 0 aliphatic carbocycles. The van der Waals surface area contributed by atoms with Gasteiger partial charge in [0.1, 0.15) is 5.76 Å². The number of ether oxygens (including phenoxy) is 2. The van der Waals surface area contributed by atoms with E-state index >= 15 is 0 Å². The number of hydrogen-bond donors (Lipinski definition) is 0. The SMILES string of the molecule is COC1=C(C(C)c2ccccc2)C(C)C=C(C(C)(C)C)O1. The molecule has 1 aliphatic heterocycles. The van der Waals surface area contributed by atoms with E-state index in [0.29, 0.717) is 11.9 Å². The molecule has 2 atom stereocenters. The van der Waals surface area contributed by atoms with Crippen molar-refractivity contribution < 1.29 is 9.47 Å². The molecule has 2 rings (SSSR count).